The third-order valence-corrected chi connectivity index (χ3v) is 13.5. The molecule has 57 heavy (non-hydrogen) atoms. The van der Waals surface area contributed by atoms with Crippen LogP contribution in [0.25, 0.3) is 22.3 Å². The molecule has 1 saturated carbocycles. The van der Waals surface area contributed by atoms with E-state index in [1.54, 1.807) is 19.3 Å². The van der Waals surface area contributed by atoms with E-state index in [0.29, 0.717) is 45.7 Å². The lowest BCUT2D eigenvalue weighted by Gasteiger charge is -2.47. The number of ether oxygens (including phenoxy) is 1. The van der Waals surface area contributed by atoms with Gasteiger partial charge in [0.1, 0.15) is 11.3 Å². The topological polar surface area (TPSA) is 108 Å². The lowest BCUT2D eigenvalue weighted by Crippen LogP contribution is -2.59. The number of likely N-dealkylation sites (tertiary alicyclic amines) is 2. The van der Waals surface area contributed by atoms with Crippen LogP contribution in [0.15, 0.2) is 42.7 Å². The number of rotatable bonds is 9. The average Bonchev–Trinajstić information content (AvgIpc) is 3.78. The van der Waals surface area contributed by atoms with Gasteiger partial charge in [0.05, 0.1) is 47.9 Å². The maximum Gasteiger partial charge on any atom is 0.251 e. The summed E-state index contributed by atoms with van der Waals surface area (Å²) < 4.78 is 23.3. The van der Waals surface area contributed by atoms with Crippen molar-refractivity contribution < 1.29 is 18.7 Å². The maximum absolute atomic E-state index is 15.7. The number of benzene rings is 2. The predicted molar refractivity (Wildman–Crippen MR) is 222 cm³/mol. The largest absolute Gasteiger partial charge is 0.378 e. The number of fused-ring (bicyclic) bond motifs is 3. The molecule has 6 heterocycles. The number of aryl methyl sites for hydroxylation is 1. The van der Waals surface area contributed by atoms with Crippen molar-refractivity contribution in [2.24, 2.45) is 5.41 Å². The van der Waals surface area contributed by atoms with E-state index in [9.17, 15) is 9.59 Å². The predicted octanol–water partition coefficient (Wildman–Crippen LogP) is 7.35. The van der Waals surface area contributed by atoms with E-state index in [2.05, 4.69) is 71.2 Å². The Balaban J connectivity index is 1.09. The standard InChI is InChI=1S/C45H57FN8O3/c1-26(2)48-42(55)33-20-37(35(46)16-28(33)5)50-41-40-38(47-25-53(40)27(3)4)21-36(49-41)29-8-9-34-39(17-29)54(31-18-30(19-31)52-13-10-44(6,7)24-52)43(56)45(34)11-14-51(15-12-45)32-22-57-23-32/h8-9,16-17,20-21,25-27,30-32H,10-15,18-19,22-24H2,1-7H3,(H,48,55)(H,49,50)/t30-,31+. The van der Waals surface area contributed by atoms with Gasteiger partial charge in [-0.3, -0.25) is 19.4 Å². The molecule has 3 saturated heterocycles. The number of pyridine rings is 1. The van der Waals surface area contributed by atoms with Gasteiger partial charge < -0.3 is 24.8 Å². The summed E-state index contributed by atoms with van der Waals surface area (Å²) in [6, 6.07) is 12.5. The van der Waals surface area contributed by atoms with Crippen LogP contribution in [0.1, 0.15) is 101 Å². The molecule has 0 unspecified atom stereocenters. The van der Waals surface area contributed by atoms with Crippen molar-refractivity contribution in [2.75, 3.05) is 49.6 Å². The molecule has 2 N–H and O–H groups in total. The molecule has 1 aliphatic carbocycles. The van der Waals surface area contributed by atoms with E-state index in [4.69, 9.17) is 14.7 Å². The summed E-state index contributed by atoms with van der Waals surface area (Å²) in [6.45, 7) is 19.9. The normalized spacial score (nSPS) is 23.4. The molecule has 2 aromatic carbocycles. The summed E-state index contributed by atoms with van der Waals surface area (Å²) in [5.41, 5.74) is 6.03. The second-order valence-electron chi connectivity index (χ2n) is 18.7. The van der Waals surface area contributed by atoms with Gasteiger partial charge in [0.25, 0.3) is 5.91 Å². The molecule has 1 spiro atoms. The number of piperidine rings is 1. The number of hydrogen-bond donors (Lipinski definition) is 2. The van der Waals surface area contributed by atoms with Crippen LogP contribution in [-0.2, 0) is 14.9 Å². The van der Waals surface area contributed by atoms with Gasteiger partial charge in [-0.25, -0.2) is 14.4 Å². The van der Waals surface area contributed by atoms with Crippen molar-refractivity contribution in [3.8, 4) is 11.3 Å². The lowest BCUT2D eigenvalue weighted by molar-refractivity contribution is -0.128. The lowest BCUT2D eigenvalue weighted by atomic mass is 9.73. The fourth-order valence-electron chi connectivity index (χ4n) is 10.0. The van der Waals surface area contributed by atoms with Crippen LogP contribution >= 0.6 is 0 Å². The van der Waals surface area contributed by atoms with E-state index in [1.807, 2.05) is 24.5 Å². The zero-order valence-corrected chi connectivity index (χ0v) is 34.5. The van der Waals surface area contributed by atoms with E-state index in [-0.39, 0.29) is 35.6 Å². The zero-order valence-electron chi connectivity index (χ0n) is 34.5. The molecule has 12 heteroatoms. The highest BCUT2D eigenvalue weighted by Crippen LogP contribution is 2.53. The van der Waals surface area contributed by atoms with Crippen molar-refractivity contribution in [1.82, 2.24) is 29.7 Å². The molecule has 9 rings (SSSR count). The van der Waals surface area contributed by atoms with Gasteiger partial charge in [0.15, 0.2) is 5.82 Å². The first-order valence-electron chi connectivity index (χ1n) is 21.0. The summed E-state index contributed by atoms with van der Waals surface area (Å²) in [7, 11) is 0. The van der Waals surface area contributed by atoms with Gasteiger partial charge in [0.2, 0.25) is 5.91 Å². The maximum atomic E-state index is 15.7. The minimum Gasteiger partial charge on any atom is -0.378 e. The van der Waals surface area contributed by atoms with Crippen LogP contribution in [0.3, 0.4) is 0 Å². The van der Waals surface area contributed by atoms with Crippen molar-refractivity contribution in [1.29, 1.82) is 0 Å². The van der Waals surface area contributed by atoms with Gasteiger partial charge in [-0.2, -0.15) is 0 Å². The summed E-state index contributed by atoms with van der Waals surface area (Å²) in [5, 5.41) is 6.21. The molecular formula is C45H57FN8O3. The fraction of sp³-hybridized carbons (Fsp3) is 0.556. The molecule has 2 aromatic heterocycles. The average molecular weight is 777 g/mol. The fourth-order valence-corrected chi connectivity index (χ4v) is 10.0. The number of nitrogens with zero attached hydrogens (tertiary/aromatic N) is 6. The minimum atomic E-state index is -0.543. The number of carbonyl (C=O) groups is 2. The van der Waals surface area contributed by atoms with Gasteiger partial charge in [-0.15, -0.1) is 0 Å². The number of nitrogens with one attached hydrogen (secondary N) is 2. The van der Waals surface area contributed by atoms with Crippen LogP contribution < -0.4 is 15.5 Å². The minimum absolute atomic E-state index is 0.0652. The van der Waals surface area contributed by atoms with Gasteiger partial charge in [-0.1, -0.05) is 26.0 Å². The summed E-state index contributed by atoms with van der Waals surface area (Å²) in [5.74, 6) is -0.0459. The monoisotopic (exact) mass is 776 g/mol. The van der Waals surface area contributed by atoms with Crippen LogP contribution in [0.5, 0.6) is 0 Å². The molecular weight excluding hydrogens is 720 g/mol. The zero-order chi connectivity index (χ0) is 40.0. The van der Waals surface area contributed by atoms with Gasteiger partial charge in [-0.05, 0) is 127 Å². The van der Waals surface area contributed by atoms with Gasteiger partial charge in [0, 0.05) is 47.5 Å². The molecule has 4 aliphatic heterocycles. The Morgan fingerprint density at radius 2 is 1.68 bits per heavy atom. The van der Waals surface area contributed by atoms with E-state index < -0.39 is 11.2 Å². The van der Waals surface area contributed by atoms with Crippen LogP contribution in [-0.4, -0.2) is 99.7 Å². The number of anilines is 3. The number of hydrogen-bond acceptors (Lipinski definition) is 8. The van der Waals surface area contributed by atoms with Gasteiger partial charge >= 0.3 is 0 Å². The van der Waals surface area contributed by atoms with Crippen LogP contribution in [0.2, 0.25) is 0 Å². The van der Waals surface area contributed by atoms with E-state index in [1.165, 1.54) is 12.5 Å². The smallest absolute Gasteiger partial charge is 0.251 e. The number of halogens is 1. The number of imidazole rings is 1. The van der Waals surface area contributed by atoms with Crippen molar-refractivity contribution in [3.63, 3.8) is 0 Å². The van der Waals surface area contributed by atoms with E-state index >= 15 is 4.39 Å². The summed E-state index contributed by atoms with van der Waals surface area (Å²) in [4.78, 5) is 45.4. The highest BCUT2D eigenvalue weighted by Gasteiger charge is 2.56. The first-order valence-corrected chi connectivity index (χ1v) is 21.0. The second kappa shape index (κ2) is 14.2. The molecule has 0 radical (unpaired) electrons. The Morgan fingerprint density at radius 3 is 2.33 bits per heavy atom. The summed E-state index contributed by atoms with van der Waals surface area (Å²) in [6.07, 6.45) is 6.57. The molecule has 0 bridgehead atoms. The van der Waals surface area contributed by atoms with Crippen molar-refractivity contribution >= 4 is 40.0 Å². The number of aromatic nitrogens is 3. The van der Waals surface area contributed by atoms with Crippen molar-refractivity contribution in [2.45, 2.75) is 116 Å². The van der Waals surface area contributed by atoms with Crippen LogP contribution in [0, 0.1) is 18.2 Å². The Hall–Kier alpha value is -4.39. The summed E-state index contributed by atoms with van der Waals surface area (Å²) >= 11 is 0. The third-order valence-electron chi connectivity index (χ3n) is 13.5. The molecule has 2 amide bonds. The molecule has 11 nitrogen and oxygen atoms in total. The third kappa shape index (κ3) is 6.61. The van der Waals surface area contributed by atoms with Crippen molar-refractivity contribution in [3.05, 3.63) is 65.2 Å². The Bertz CT molecular complexity index is 2230. The quantitative estimate of drug-likeness (QED) is 0.182. The van der Waals surface area contributed by atoms with E-state index in [0.717, 1.165) is 87.4 Å². The number of amides is 2. The molecule has 5 aliphatic rings. The Labute approximate surface area is 335 Å². The highest BCUT2D eigenvalue weighted by atomic mass is 19.1. The molecule has 302 valence electrons. The molecule has 4 fully saturated rings. The molecule has 4 aromatic rings. The second-order valence-corrected chi connectivity index (χ2v) is 18.7. The SMILES string of the molecule is Cc1cc(F)c(Nc2nc(-c3ccc4c(c3)N([C@H]3C[C@@H](N5CCC(C)(C)C5)C3)C(=O)C43CCN(C4COC4)CC3)cc3ncn(C(C)C)c23)cc1C(=O)NC(C)C. The first kappa shape index (κ1) is 38.1. The number of carbonyl (C=O) groups excluding carboxylic acids is 2. The Morgan fingerprint density at radius 1 is 0.947 bits per heavy atom. The highest BCUT2D eigenvalue weighted by molar-refractivity contribution is 6.09. The Kier molecular flexibility index (Phi) is 9.48. The molecule has 0 atom stereocenters. The van der Waals surface area contributed by atoms with Crippen LogP contribution in [0.4, 0.5) is 21.6 Å². The first-order chi connectivity index (χ1) is 27.2.